The van der Waals surface area contributed by atoms with Crippen molar-refractivity contribution < 1.29 is 38.9 Å². The molecule has 3 aliphatic heterocycles. The lowest BCUT2D eigenvalue weighted by Gasteiger charge is -2.19. The van der Waals surface area contributed by atoms with Crippen LogP contribution in [-0.4, -0.2) is 112 Å². The van der Waals surface area contributed by atoms with E-state index in [1.54, 1.807) is 42.5 Å². The monoisotopic (exact) mass is 1040 g/mol. The molecule has 0 unspecified atom stereocenters. The molecule has 0 aliphatic carbocycles. The van der Waals surface area contributed by atoms with Gasteiger partial charge in [0.25, 0.3) is 11.8 Å². The fraction of sp³-hybridized carbons (Fsp3) is 0.224. The Morgan fingerprint density at radius 3 is 1.31 bits per heavy atom. The Bertz CT molecular complexity index is 3380. The number of carbonyl (C=O) groups is 5. The van der Waals surface area contributed by atoms with E-state index in [4.69, 9.17) is 42.1 Å². The quantitative estimate of drug-likeness (QED) is 0.0523. The summed E-state index contributed by atoms with van der Waals surface area (Å²) in [5.41, 5.74) is 31.1. The minimum Gasteiger partial charge on any atom is -0.478 e. The van der Waals surface area contributed by atoms with Crippen molar-refractivity contribution in [3.63, 3.8) is 0 Å². The SMILES string of the molecule is CC(C)(C)OC(=O)NCCN.NCCNC(=O)c1ccc2c(c1)CC(c1ccc(C3=Nc4ccc(C(=O)NCCN)cc4C3)cc1)=N2.O=C(O)c1ccc2c(c1)CC(c1ccc(-c3nc4ccc(C(=O)O)cc4[nH]3)cc1)=N2. The number of amides is 3. The highest BCUT2D eigenvalue weighted by molar-refractivity contribution is 6.10. The number of aromatic carboxylic acids is 2. The molecule has 0 bridgehead atoms. The van der Waals surface area contributed by atoms with Crippen LogP contribution in [0.3, 0.4) is 0 Å². The lowest BCUT2D eigenvalue weighted by atomic mass is 9.98. The first-order chi connectivity index (χ1) is 37.0. The van der Waals surface area contributed by atoms with Gasteiger partial charge in [0.2, 0.25) is 0 Å². The molecule has 394 valence electrons. The molecule has 4 heterocycles. The zero-order valence-corrected chi connectivity index (χ0v) is 42.8. The number of aliphatic imine (C=N–C) groups is 3. The van der Waals surface area contributed by atoms with Crippen molar-refractivity contribution in [2.75, 3.05) is 39.3 Å². The lowest BCUT2D eigenvalue weighted by molar-refractivity contribution is 0.0527. The zero-order chi connectivity index (χ0) is 54.8. The summed E-state index contributed by atoms with van der Waals surface area (Å²) in [5, 5.41) is 26.4. The smallest absolute Gasteiger partial charge is 0.407 e. The van der Waals surface area contributed by atoms with Gasteiger partial charge in [-0.05, 0) is 127 Å². The van der Waals surface area contributed by atoms with Crippen LogP contribution in [0.1, 0.15) is 95.6 Å². The van der Waals surface area contributed by atoms with Gasteiger partial charge in [-0.3, -0.25) is 24.6 Å². The van der Waals surface area contributed by atoms with Crippen LogP contribution < -0.4 is 33.2 Å². The molecule has 1 aromatic heterocycles. The van der Waals surface area contributed by atoms with E-state index < -0.39 is 23.6 Å². The number of fused-ring (bicyclic) bond motifs is 4. The molecule has 0 atom stereocenters. The van der Waals surface area contributed by atoms with Gasteiger partial charge in [0.1, 0.15) is 11.4 Å². The number of ether oxygens (including phenoxy) is 1. The Labute approximate surface area is 443 Å². The highest BCUT2D eigenvalue weighted by atomic mass is 16.6. The third kappa shape index (κ3) is 13.6. The summed E-state index contributed by atoms with van der Waals surface area (Å²) < 4.78 is 4.93. The van der Waals surface area contributed by atoms with Gasteiger partial charge in [-0.2, -0.15) is 0 Å². The minimum absolute atomic E-state index is 0.123. The molecular formula is C58H59N11O8. The molecule has 3 amide bonds. The average Bonchev–Trinajstić information content (AvgIpc) is 4.25. The second kappa shape index (κ2) is 24.0. The Kier molecular flexibility index (Phi) is 16.9. The normalized spacial score (nSPS) is 12.8. The number of nitrogens with one attached hydrogen (secondary N) is 4. The Morgan fingerprint density at radius 2 is 0.896 bits per heavy atom. The molecule has 0 fully saturated rings. The van der Waals surface area contributed by atoms with E-state index in [2.05, 4.69) is 55.2 Å². The molecule has 0 radical (unpaired) electrons. The molecule has 0 saturated heterocycles. The number of aromatic amines is 1. The predicted molar refractivity (Wildman–Crippen MR) is 297 cm³/mol. The number of carboxylic acids is 2. The summed E-state index contributed by atoms with van der Waals surface area (Å²) in [6.45, 7) is 8.04. The van der Waals surface area contributed by atoms with Crippen molar-refractivity contribution in [2.45, 2.75) is 45.6 Å². The Hall–Kier alpha value is -9.17. The van der Waals surface area contributed by atoms with Gasteiger partial charge in [0, 0.05) is 75.2 Å². The minimum atomic E-state index is -0.980. The van der Waals surface area contributed by atoms with E-state index in [1.807, 2.05) is 69.3 Å². The fourth-order valence-corrected chi connectivity index (χ4v) is 8.54. The van der Waals surface area contributed by atoms with Gasteiger partial charge in [-0.1, -0.05) is 48.5 Å². The van der Waals surface area contributed by atoms with Crippen LogP contribution in [0.15, 0.2) is 136 Å². The van der Waals surface area contributed by atoms with Gasteiger partial charge in [-0.15, -0.1) is 0 Å². The van der Waals surface area contributed by atoms with Crippen molar-refractivity contribution in [3.8, 4) is 11.4 Å². The lowest BCUT2D eigenvalue weighted by Crippen LogP contribution is -2.35. The van der Waals surface area contributed by atoms with E-state index in [-0.39, 0.29) is 22.9 Å². The van der Waals surface area contributed by atoms with Gasteiger partial charge >= 0.3 is 18.0 Å². The first kappa shape index (κ1) is 54.1. The molecule has 10 rings (SSSR count). The number of benzene rings is 6. The number of H-pyrrole nitrogens is 1. The number of rotatable bonds is 14. The summed E-state index contributed by atoms with van der Waals surface area (Å²) in [7, 11) is 0. The zero-order valence-electron chi connectivity index (χ0n) is 42.8. The Morgan fingerprint density at radius 1 is 0.519 bits per heavy atom. The topological polar surface area (TPSA) is 315 Å². The summed E-state index contributed by atoms with van der Waals surface area (Å²) in [4.78, 5) is 79.5. The first-order valence-corrected chi connectivity index (χ1v) is 24.9. The Balaban J connectivity index is 0.000000173. The van der Waals surface area contributed by atoms with Crippen molar-refractivity contribution in [1.82, 2.24) is 25.9 Å². The third-order valence-corrected chi connectivity index (χ3v) is 12.3. The van der Waals surface area contributed by atoms with Crippen LogP contribution in [0.5, 0.6) is 0 Å². The van der Waals surface area contributed by atoms with Crippen molar-refractivity contribution >= 4 is 75.1 Å². The van der Waals surface area contributed by atoms with Crippen LogP contribution in [0.2, 0.25) is 0 Å². The summed E-state index contributed by atoms with van der Waals surface area (Å²) >= 11 is 0. The van der Waals surface area contributed by atoms with Gasteiger partial charge in [0.15, 0.2) is 0 Å². The molecule has 3 aliphatic rings. The molecule has 6 aromatic carbocycles. The van der Waals surface area contributed by atoms with Crippen molar-refractivity contribution in [1.29, 1.82) is 0 Å². The van der Waals surface area contributed by atoms with Gasteiger partial charge < -0.3 is 53.1 Å². The van der Waals surface area contributed by atoms with Crippen LogP contribution >= 0.6 is 0 Å². The molecule has 0 spiro atoms. The van der Waals surface area contributed by atoms with Crippen LogP contribution in [-0.2, 0) is 24.0 Å². The predicted octanol–water partition coefficient (Wildman–Crippen LogP) is 7.19. The summed E-state index contributed by atoms with van der Waals surface area (Å²) in [5.74, 6) is -1.52. The number of alkyl carbamates (subject to hydrolysis) is 1. The fourth-order valence-electron chi connectivity index (χ4n) is 8.54. The average molecular weight is 1040 g/mol. The van der Waals surface area contributed by atoms with Gasteiger partial charge in [-0.25, -0.2) is 19.4 Å². The van der Waals surface area contributed by atoms with Crippen molar-refractivity contribution in [2.24, 2.45) is 32.2 Å². The maximum Gasteiger partial charge on any atom is 0.407 e. The number of carbonyl (C=O) groups excluding carboxylic acids is 3. The highest BCUT2D eigenvalue weighted by Gasteiger charge is 2.23. The molecule has 7 aromatic rings. The van der Waals surface area contributed by atoms with Crippen molar-refractivity contribution in [3.05, 3.63) is 177 Å². The molecule has 19 heteroatoms. The van der Waals surface area contributed by atoms with E-state index in [9.17, 15) is 24.0 Å². The third-order valence-electron chi connectivity index (χ3n) is 12.3. The van der Waals surface area contributed by atoms with E-state index in [0.29, 0.717) is 86.5 Å². The largest absolute Gasteiger partial charge is 0.478 e. The standard InChI is InChI=1S/C28H28N6O2.C23H15N3O4.C7H16N2O2/c29-9-11-31-27(35)19-5-7-23-21(13-19)15-25(33-23)17-1-2-18(4-3-17)26-16-22-14-20(6-8-24(22)34-26)28(36)32-12-10-30;27-22(28)14-5-7-17-16(9-14)11-19(24-17)12-1-3-13(4-2-12)21-25-18-8-6-15(23(29)30)10-20(18)26-21;1-7(2,3)11-6(10)9-5-4-8/h1-8,13-14H,9-12,15-16,29-30H2,(H,31,35)(H,32,36);1-10H,11H2,(H,25,26)(H,27,28)(H,29,30);4-5,8H2,1-3H3,(H,9,10). The number of nitrogens with two attached hydrogens (primary N) is 3. The summed E-state index contributed by atoms with van der Waals surface area (Å²) in [6, 6.07) is 36.9. The number of imidazole rings is 1. The second-order valence-corrected chi connectivity index (χ2v) is 19.1. The maximum absolute atomic E-state index is 12.3. The second-order valence-electron chi connectivity index (χ2n) is 19.1. The van der Waals surface area contributed by atoms with Crippen LogP contribution in [0, 0.1) is 0 Å². The highest BCUT2D eigenvalue weighted by Crippen LogP contribution is 2.33. The first-order valence-electron chi connectivity index (χ1n) is 24.9. The van der Waals surface area contributed by atoms with Crippen LogP contribution in [0.25, 0.3) is 22.4 Å². The molecule has 19 nitrogen and oxygen atoms in total. The van der Waals surface area contributed by atoms with E-state index >= 15 is 0 Å². The molecule has 0 saturated carbocycles. The summed E-state index contributed by atoms with van der Waals surface area (Å²) in [6.07, 6.45) is 1.52. The maximum atomic E-state index is 12.3. The molecule has 12 N–H and O–H groups in total. The molecule has 77 heavy (non-hydrogen) atoms. The number of nitrogens with zero attached hydrogens (tertiary/aromatic N) is 4. The number of carboxylic acid groups (broad SMARTS) is 2. The van der Waals surface area contributed by atoms with Gasteiger partial charge in [0.05, 0.1) is 56.4 Å². The van der Waals surface area contributed by atoms with E-state index in [0.717, 1.165) is 73.1 Å². The van der Waals surface area contributed by atoms with Crippen LogP contribution in [0.4, 0.5) is 21.9 Å². The number of hydrogen-bond donors (Lipinski definition) is 9. The number of hydrogen-bond acceptors (Lipinski definition) is 13. The molecular weight excluding hydrogens is 979 g/mol. The van der Waals surface area contributed by atoms with E-state index in [1.165, 1.54) is 6.07 Å². The number of aromatic nitrogens is 2.